The number of fused-ring (bicyclic) bond motifs is 1. The van der Waals surface area contributed by atoms with Crippen LogP contribution in [0.2, 0.25) is 0 Å². The number of rotatable bonds is 3. The Labute approximate surface area is 121 Å². The predicted octanol–water partition coefficient (Wildman–Crippen LogP) is 3.32. The largest absolute Gasteiger partial charge is 0.490 e. The van der Waals surface area contributed by atoms with Crippen molar-refractivity contribution in [3.8, 4) is 11.5 Å². The summed E-state index contributed by atoms with van der Waals surface area (Å²) in [5.74, 6) is 3.17. The molecule has 0 spiro atoms. The minimum atomic E-state index is 0.588. The molecule has 4 rings (SSSR count). The SMILES string of the molecule is c1cc2c(cc1Nc1nc(C3CC3)ns1)OCCCO2. The van der Waals surface area contributed by atoms with Gasteiger partial charge in [0.1, 0.15) is 5.82 Å². The first-order valence-corrected chi connectivity index (χ1v) is 7.66. The molecule has 20 heavy (non-hydrogen) atoms. The van der Waals surface area contributed by atoms with Gasteiger partial charge >= 0.3 is 0 Å². The van der Waals surface area contributed by atoms with Crippen molar-refractivity contribution in [2.24, 2.45) is 0 Å². The summed E-state index contributed by atoms with van der Waals surface area (Å²) in [6, 6.07) is 5.87. The van der Waals surface area contributed by atoms with E-state index in [1.807, 2.05) is 18.2 Å². The Kier molecular flexibility index (Phi) is 2.95. The predicted molar refractivity (Wildman–Crippen MR) is 77.2 cm³/mol. The van der Waals surface area contributed by atoms with Crippen LogP contribution in [0.15, 0.2) is 18.2 Å². The third-order valence-electron chi connectivity index (χ3n) is 3.38. The fourth-order valence-electron chi connectivity index (χ4n) is 2.16. The monoisotopic (exact) mass is 289 g/mol. The summed E-state index contributed by atoms with van der Waals surface area (Å²) in [4.78, 5) is 4.52. The van der Waals surface area contributed by atoms with Gasteiger partial charge in [0, 0.05) is 35.6 Å². The average Bonchev–Trinajstić information content (AvgIpc) is 3.24. The molecule has 1 aromatic carbocycles. The molecule has 2 aromatic rings. The first-order chi connectivity index (χ1) is 9.88. The standard InChI is InChI=1S/C14H15N3O2S/c1-6-18-11-5-4-10(8-12(11)19-7-1)15-14-16-13(17-20-14)9-2-3-9/h4-5,8-9H,1-3,6-7H2,(H,15,16,17). The van der Waals surface area contributed by atoms with E-state index in [0.717, 1.165) is 34.6 Å². The summed E-state index contributed by atoms with van der Waals surface area (Å²) >= 11 is 1.41. The number of ether oxygens (including phenoxy) is 2. The van der Waals surface area contributed by atoms with Crippen LogP contribution in [0.25, 0.3) is 0 Å². The first kappa shape index (κ1) is 12.0. The summed E-state index contributed by atoms with van der Waals surface area (Å²) < 4.78 is 15.7. The number of nitrogens with zero attached hydrogens (tertiary/aromatic N) is 2. The minimum absolute atomic E-state index is 0.588. The molecule has 0 bridgehead atoms. The molecule has 0 radical (unpaired) electrons. The molecule has 104 valence electrons. The number of hydrogen-bond acceptors (Lipinski definition) is 6. The van der Waals surface area contributed by atoms with Gasteiger partial charge in [0.15, 0.2) is 11.5 Å². The molecular weight excluding hydrogens is 274 g/mol. The molecule has 0 atom stereocenters. The van der Waals surface area contributed by atoms with E-state index in [1.54, 1.807) is 0 Å². The van der Waals surface area contributed by atoms with Crippen molar-refractivity contribution in [3.05, 3.63) is 24.0 Å². The summed E-state index contributed by atoms with van der Waals surface area (Å²) in [5.41, 5.74) is 0.952. The number of anilines is 2. The highest BCUT2D eigenvalue weighted by Crippen LogP contribution is 2.40. The average molecular weight is 289 g/mol. The molecule has 0 unspecified atom stereocenters. The van der Waals surface area contributed by atoms with Gasteiger partial charge in [0.25, 0.3) is 0 Å². The van der Waals surface area contributed by atoms with Gasteiger partial charge in [-0.25, -0.2) is 4.98 Å². The van der Waals surface area contributed by atoms with Crippen molar-refractivity contribution < 1.29 is 9.47 Å². The Morgan fingerprint density at radius 1 is 1.15 bits per heavy atom. The van der Waals surface area contributed by atoms with Crippen LogP contribution in [0.4, 0.5) is 10.8 Å². The normalized spacial score (nSPS) is 17.6. The number of aromatic nitrogens is 2. The van der Waals surface area contributed by atoms with Crippen molar-refractivity contribution in [2.75, 3.05) is 18.5 Å². The zero-order valence-corrected chi connectivity index (χ0v) is 11.8. The molecule has 0 saturated heterocycles. The Morgan fingerprint density at radius 2 is 2.00 bits per heavy atom. The lowest BCUT2D eigenvalue weighted by Crippen LogP contribution is -1.97. The van der Waals surface area contributed by atoms with Gasteiger partial charge in [-0.1, -0.05) is 0 Å². The molecule has 6 heteroatoms. The lowest BCUT2D eigenvalue weighted by atomic mass is 10.3. The minimum Gasteiger partial charge on any atom is -0.490 e. The Hall–Kier alpha value is -1.82. The quantitative estimate of drug-likeness (QED) is 0.939. The second-order valence-electron chi connectivity index (χ2n) is 5.07. The van der Waals surface area contributed by atoms with Crippen molar-refractivity contribution in [2.45, 2.75) is 25.2 Å². The molecule has 2 heterocycles. The third kappa shape index (κ3) is 2.43. The molecule has 1 aliphatic heterocycles. The third-order valence-corrected chi connectivity index (χ3v) is 4.03. The maximum atomic E-state index is 5.68. The topological polar surface area (TPSA) is 56.3 Å². The second kappa shape index (κ2) is 4.94. The van der Waals surface area contributed by atoms with E-state index in [9.17, 15) is 0 Å². The van der Waals surface area contributed by atoms with Crippen LogP contribution in [0, 0.1) is 0 Å². The van der Waals surface area contributed by atoms with Gasteiger partial charge in [-0.2, -0.15) is 4.37 Å². The van der Waals surface area contributed by atoms with Crippen LogP contribution >= 0.6 is 11.5 Å². The Balaban J connectivity index is 1.54. The summed E-state index contributed by atoms with van der Waals surface area (Å²) in [6.45, 7) is 1.40. The number of hydrogen-bond donors (Lipinski definition) is 1. The molecule has 1 saturated carbocycles. The summed E-state index contributed by atoms with van der Waals surface area (Å²) in [7, 11) is 0. The highest BCUT2D eigenvalue weighted by atomic mass is 32.1. The van der Waals surface area contributed by atoms with Crippen LogP contribution in [-0.4, -0.2) is 22.6 Å². The molecule has 1 N–H and O–H groups in total. The number of benzene rings is 1. The molecule has 0 amide bonds. The van der Waals surface area contributed by atoms with Crippen LogP contribution in [0.3, 0.4) is 0 Å². The van der Waals surface area contributed by atoms with E-state index in [0.29, 0.717) is 19.1 Å². The van der Waals surface area contributed by atoms with Gasteiger partial charge < -0.3 is 14.8 Å². The molecule has 1 aromatic heterocycles. The van der Waals surface area contributed by atoms with Crippen LogP contribution < -0.4 is 14.8 Å². The van der Waals surface area contributed by atoms with E-state index in [4.69, 9.17) is 9.47 Å². The maximum absolute atomic E-state index is 5.68. The maximum Gasteiger partial charge on any atom is 0.207 e. The zero-order valence-electron chi connectivity index (χ0n) is 11.0. The van der Waals surface area contributed by atoms with E-state index < -0.39 is 0 Å². The van der Waals surface area contributed by atoms with Crippen molar-refractivity contribution in [1.82, 2.24) is 9.36 Å². The highest BCUT2D eigenvalue weighted by molar-refractivity contribution is 7.09. The van der Waals surface area contributed by atoms with Gasteiger partial charge in [0.2, 0.25) is 5.13 Å². The van der Waals surface area contributed by atoms with Gasteiger partial charge in [-0.3, -0.25) is 0 Å². The Bertz CT molecular complexity index is 625. The van der Waals surface area contributed by atoms with Gasteiger partial charge in [-0.15, -0.1) is 0 Å². The van der Waals surface area contributed by atoms with E-state index >= 15 is 0 Å². The van der Waals surface area contributed by atoms with Gasteiger partial charge in [-0.05, 0) is 25.0 Å². The molecular formula is C14H15N3O2S. The second-order valence-corrected chi connectivity index (χ2v) is 5.82. The Morgan fingerprint density at radius 3 is 2.85 bits per heavy atom. The van der Waals surface area contributed by atoms with Crippen molar-refractivity contribution >= 4 is 22.4 Å². The van der Waals surface area contributed by atoms with E-state index in [-0.39, 0.29) is 0 Å². The highest BCUT2D eigenvalue weighted by Gasteiger charge is 2.27. The lowest BCUT2D eigenvalue weighted by Gasteiger charge is -2.09. The first-order valence-electron chi connectivity index (χ1n) is 6.89. The lowest BCUT2D eigenvalue weighted by molar-refractivity contribution is 0.297. The van der Waals surface area contributed by atoms with Gasteiger partial charge in [0.05, 0.1) is 13.2 Å². The smallest absolute Gasteiger partial charge is 0.207 e. The fraction of sp³-hybridized carbons (Fsp3) is 0.429. The molecule has 5 nitrogen and oxygen atoms in total. The van der Waals surface area contributed by atoms with Crippen LogP contribution in [0.1, 0.15) is 31.0 Å². The van der Waals surface area contributed by atoms with Crippen LogP contribution in [-0.2, 0) is 0 Å². The van der Waals surface area contributed by atoms with E-state index in [1.165, 1.54) is 24.4 Å². The number of nitrogens with one attached hydrogen (secondary N) is 1. The molecule has 1 fully saturated rings. The van der Waals surface area contributed by atoms with Crippen molar-refractivity contribution in [3.63, 3.8) is 0 Å². The molecule has 2 aliphatic rings. The fourth-order valence-corrected chi connectivity index (χ4v) is 2.83. The zero-order chi connectivity index (χ0) is 13.4. The van der Waals surface area contributed by atoms with E-state index in [2.05, 4.69) is 14.7 Å². The molecule has 1 aliphatic carbocycles. The van der Waals surface area contributed by atoms with Crippen LogP contribution in [0.5, 0.6) is 11.5 Å². The van der Waals surface area contributed by atoms with Crippen molar-refractivity contribution in [1.29, 1.82) is 0 Å². The summed E-state index contributed by atoms with van der Waals surface area (Å²) in [5, 5.41) is 4.12. The summed E-state index contributed by atoms with van der Waals surface area (Å²) in [6.07, 6.45) is 3.36.